The van der Waals surface area contributed by atoms with E-state index < -0.39 is 23.6 Å². The van der Waals surface area contributed by atoms with E-state index in [0.29, 0.717) is 5.69 Å². The molecule has 148 valence electrons. The van der Waals surface area contributed by atoms with Crippen LogP contribution in [0.2, 0.25) is 0 Å². The summed E-state index contributed by atoms with van der Waals surface area (Å²) in [6.07, 6.45) is -3.44. The number of aliphatic imine (C=N–C) groups is 1. The molecule has 1 heterocycles. The molecule has 0 aromatic heterocycles. The van der Waals surface area contributed by atoms with Crippen LogP contribution in [-0.2, 0) is 11.8 Å². The third-order valence-electron chi connectivity index (χ3n) is 4.74. The normalized spacial score (nSPS) is 21.3. The van der Waals surface area contributed by atoms with Gasteiger partial charge in [0.05, 0.1) is 5.56 Å². The number of halogens is 4. The maximum atomic E-state index is 13.8. The summed E-state index contributed by atoms with van der Waals surface area (Å²) < 4.78 is 42.2. The Hall–Kier alpha value is -2.64. The van der Waals surface area contributed by atoms with Crippen LogP contribution in [-0.4, -0.2) is 6.21 Å². The second kappa shape index (κ2) is 7.65. The molecule has 2 atom stereocenters. The Balaban J connectivity index is 1.79. The molecule has 2 unspecified atom stereocenters. The topological polar surface area (TPSA) is 36.4 Å². The largest absolute Gasteiger partial charge is 0.416 e. The molecule has 0 aliphatic carbocycles. The van der Waals surface area contributed by atoms with Crippen LogP contribution in [0.1, 0.15) is 22.9 Å². The summed E-state index contributed by atoms with van der Waals surface area (Å²) >= 11 is 3.38. The van der Waals surface area contributed by atoms with Crippen LogP contribution in [0.15, 0.2) is 88.3 Å². The first-order valence-corrected chi connectivity index (χ1v) is 9.74. The summed E-state index contributed by atoms with van der Waals surface area (Å²) in [6.45, 7) is 0. The number of alkyl halides is 3. The fourth-order valence-corrected chi connectivity index (χ4v) is 3.66. The number of anilines is 1. The van der Waals surface area contributed by atoms with Crippen molar-refractivity contribution < 1.29 is 13.2 Å². The molecule has 1 aliphatic heterocycles. The summed E-state index contributed by atoms with van der Waals surface area (Å²) in [7, 11) is 0. The standard InChI is InChI=1S/C22H17BrF3N3/c23-16-10-12-17(13-11-16)28-21(18-8-4-5-9-19(18)22(24,25)26)14-27-20(29-21)15-6-2-1-3-7-15/h1-14,20,28-29H. The van der Waals surface area contributed by atoms with Gasteiger partial charge in [0.25, 0.3) is 0 Å². The second-order valence-corrected chi connectivity index (χ2v) is 7.63. The first-order chi connectivity index (χ1) is 13.9. The second-order valence-electron chi connectivity index (χ2n) is 6.72. The van der Waals surface area contributed by atoms with Crippen molar-refractivity contribution in [2.75, 3.05) is 5.32 Å². The fourth-order valence-electron chi connectivity index (χ4n) is 3.40. The molecule has 0 fully saturated rings. The van der Waals surface area contributed by atoms with Gasteiger partial charge in [-0.1, -0.05) is 64.5 Å². The number of nitrogens with one attached hydrogen (secondary N) is 2. The Bertz CT molecular complexity index is 1020. The van der Waals surface area contributed by atoms with Crippen LogP contribution in [0.3, 0.4) is 0 Å². The van der Waals surface area contributed by atoms with Crippen molar-refractivity contribution in [2.45, 2.75) is 18.0 Å². The molecule has 3 nitrogen and oxygen atoms in total. The smallest absolute Gasteiger partial charge is 0.359 e. The quantitative estimate of drug-likeness (QED) is 0.493. The average Bonchev–Trinajstić information content (AvgIpc) is 3.15. The molecule has 0 amide bonds. The van der Waals surface area contributed by atoms with E-state index in [0.717, 1.165) is 16.1 Å². The zero-order chi connectivity index (χ0) is 20.5. The molecule has 3 aromatic carbocycles. The van der Waals surface area contributed by atoms with Crippen molar-refractivity contribution in [3.8, 4) is 0 Å². The Kier molecular flexibility index (Phi) is 5.19. The lowest BCUT2D eigenvalue weighted by Gasteiger charge is -2.33. The highest BCUT2D eigenvalue weighted by atomic mass is 79.9. The molecule has 1 aliphatic rings. The lowest BCUT2D eigenvalue weighted by Crippen LogP contribution is -2.48. The monoisotopic (exact) mass is 459 g/mol. The van der Waals surface area contributed by atoms with Gasteiger partial charge in [-0.15, -0.1) is 0 Å². The molecular formula is C22H17BrF3N3. The van der Waals surface area contributed by atoms with Crippen molar-refractivity contribution in [1.82, 2.24) is 5.32 Å². The van der Waals surface area contributed by atoms with Crippen LogP contribution >= 0.6 is 15.9 Å². The molecule has 0 radical (unpaired) electrons. The minimum atomic E-state index is -4.49. The first-order valence-electron chi connectivity index (χ1n) is 8.95. The van der Waals surface area contributed by atoms with E-state index >= 15 is 0 Å². The highest BCUT2D eigenvalue weighted by Gasteiger charge is 2.44. The Morgan fingerprint density at radius 1 is 0.897 bits per heavy atom. The third-order valence-corrected chi connectivity index (χ3v) is 5.27. The maximum Gasteiger partial charge on any atom is 0.416 e. The molecule has 0 bridgehead atoms. The van der Waals surface area contributed by atoms with Gasteiger partial charge in [0.1, 0.15) is 6.17 Å². The first kappa shape index (κ1) is 19.7. The summed E-state index contributed by atoms with van der Waals surface area (Å²) in [5.41, 5.74) is -0.430. The summed E-state index contributed by atoms with van der Waals surface area (Å²) in [6, 6.07) is 22.2. The van der Waals surface area contributed by atoms with E-state index in [2.05, 4.69) is 31.6 Å². The van der Waals surface area contributed by atoms with Gasteiger partial charge in [0, 0.05) is 21.9 Å². The molecule has 0 saturated carbocycles. The maximum absolute atomic E-state index is 13.8. The number of rotatable bonds is 4. The summed E-state index contributed by atoms with van der Waals surface area (Å²) in [4.78, 5) is 4.50. The van der Waals surface area contributed by atoms with E-state index in [4.69, 9.17) is 0 Å². The third kappa shape index (κ3) is 4.06. The summed E-state index contributed by atoms with van der Waals surface area (Å²) in [5.74, 6) is 0. The van der Waals surface area contributed by atoms with Crippen molar-refractivity contribution in [3.05, 3.63) is 100 Å². The van der Waals surface area contributed by atoms with Gasteiger partial charge in [-0.2, -0.15) is 13.2 Å². The minimum Gasteiger partial charge on any atom is -0.359 e. The zero-order valence-electron chi connectivity index (χ0n) is 15.1. The Morgan fingerprint density at radius 3 is 2.24 bits per heavy atom. The van der Waals surface area contributed by atoms with Gasteiger partial charge < -0.3 is 5.32 Å². The van der Waals surface area contributed by atoms with Gasteiger partial charge in [-0.3, -0.25) is 10.3 Å². The molecule has 2 N–H and O–H groups in total. The van der Waals surface area contributed by atoms with Gasteiger partial charge >= 0.3 is 6.18 Å². The number of nitrogens with zero attached hydrogens (tertiary/aromatic N) is 1. The van der Waals surface area contributed by atoms with E-state index in [1.54, 1.807) is 18.2 Å². The van der Waals surface area contributed by atoms with Crippen molar-refractivity contribution in [2.24, 2.45) is 4.99 Å². The van der Waals surface area contributed by atoms with Gasteiger partial charge in [0.2, 0.25) is 0 Å². The molecule has 0 saturated heterocycles. The van der Waals surface area contributed by atoms with E-state index in [1.165, 1.54) is 18.3 Å². The lowest BCUT2D eigenvalue weighted by atomic mass is 9.94. The average molecular weight is 460 g/mol. The van der Waals surface area contributed by atoms with Crippen LogP contribution in [0.25, 0.3) is 0 Å². The van der Waals surface area contributed by atoms with Crippen LogP contribution < -0.4 is 10.6 Å². The highest BCUT2D eigenvalue weighted by molar-refractivity contribution is 9.10. The molecule has 3 aromatic rings. The molecule has 7 heteroatoms. The van der Waals surface area contributed by atoms with E-state index in [1.807, 2.05) is 42.5 Å². The van der Waals surface area contributed by atoms with Crippen LogP contribution in [0.4, 0.5) is 18.9 Å². The molecular weight excluding hydrogens is 443 g/mol. The van der Waals surface area contributed by atoms with Gasteiger partial charge in [-0.25, -0.2) is 0 Å². The Morgan fingerprint density at radius 2 is 1.55 bits per heavy atom. The molecule has 29 heavy (non-hydrogen) atoms. The van der Waals surface area contributed by atoms with E-state index in [-0.39, 0.29) is 5.56 Å². The Labute approximate surface area is 174 Å². The van der Waals surface area contributed by atoms with Crippen molar-refractivity contribution >= 4 is 27.8 Å². The lowest BCUT2D eigenvalue weighted by molar-refractivity contribution is -0.138. The minimum absolute atomic E-state index is 0.0672. The van der Waals surface area contributed by atoms with Crippen LogP contribution in [0, 0.1) is 0 Å². The van der Waals surface area contributed by atoms with Crippen molar-refractivity contribution in [3.63, 3.8) is 0 Å². The van der Waals surface area contributed by atoms with Gasteiger partial charge in [-0.05, 0) is 35.9 Å². The predicted octanol–water partition coefficient (Wildman–Crippen LogP) is 6.11. The zero-order valence-corrected chi connectivity index (χ0v) is 16.7. The molecule has 4 rings (SSSR count). The van der Waals surface area contributed by atoms with Crippen LogP contribution in [0.5, 0.6) is 0 Å². The van der Waals surface area contributed by atoms with Gasteiger partial charge in [0.15, 0.2) is 5.66 Å². The van der Waals surface area contributed by atoms with Crippen molar-refractivity contribution in [1.29, 1.82) is 0 Å². The fraction of sp³-hybridized carbons (Fsp3) is 0.136. The van der Waals surface area contributed by atoms with E-state index in [9.17, 15) is 13.2 Å². The SMILES string of the molecule is FC(F)(F)c1ccccc1C1(Nc2ccc(Br)cc2)C=NC(c2ccccc2)N1. The summed E-state index contributed by atoms with van der Waals surface area (Å²) in [5, 5.41) is 6.50. The molecule has 0 spiro atoms. The highest BCUT2D eigenvalue weighted by Crippen LogP contribution is 2.39. The predicted molar refractivity (Wildman–Crippen MR) is 112 cm³/mol. The number of hydrogen-bond acceptors (Lipinski definition) is 3. The number of hydrogen-bond donors (Lipinski definition) is 2. The number of benzene rings is 3.